The quantitative estimate of drug-likeness (QED) is 0.148. The lowest BCUT2D eigenvalue weighted by Crippen LogP contribution is -2.14. The molecule has 0 amide bonds. The van der Waals surface area contributed by atoms with Crippen LogP contribution in [-0.4, -0.2) is 10.8 Å². The van der Waals surface area contributed by atoms with Crippen LogP contribution in [0.1, 0.15) is 22.3 Å². The van der Waals surface area contributed by atoms with Gasteiger partial charge in [-0.25, -0.2) is 4.98 Å². The number of ether oxygens (including phenoxy) is 1. The molecule has 0 saturated carbocycles. The molecule has 1 N–H and O–H groups in total. The summed E-state index contributed by atoms with van der Waals surface area (Å²) in [6.07, 6.45) is 0. The first-order chi connectivity index (χ1) is 20.6. The van der Waals surface area contributed by atoms with Crippen LogP contribution in [0.3, 0.4) is 0 Å². The van der Waals surface area contributed by atoms with E-state index in [-0.39, 0.29) is 0 Å². The van der Waals surface area contributed by atoms with Gasteiger partial charge in [-0.15, -0.1) is 0 Å². The van der Waals surface area contributed by atoms with Crippen molar-refractivity contribution in [2.24, 2.45) is 4.99 Å². The molecule has 0 bridgehead atoms. The molecule has 1 heterocycles. The third-order valence-corrected chi connectivity index (χ3v) is 8.05. The van der Waals surface area contributed by atoms with Crippen LogP contribution < -0.4 is 10.1 Å². The fourth-order valence-corrected chi connectivity index (χ4v) is 5.55. The van der Waals surface area contributed by atoms with Gasteiger partial charge in [0, 0.05) is 16.7 Å². The normalized spacial score (nSPS) is 11.3. The average Bonchev–Trinajstić information content (AvgIpc) is 3.47. The van der Waals surface area contributed by atoms with E-state index in [2.05, 4.69) is 79.8 Å². The van der Waals surface area contributed by atoms with Crippen LogP contribution >= 0.6 is 11.3 Å². The monoisotopic (exact) mass is 565 g/mol. The predicted octanol–water partition coefficient (Wildman–Crippen LogP) is 9.95. The van der Waals surface area contributed by atoms with Gasteiger partial charge in [0.25, 0.3) is 0 Å². The summed E-state index contributed by atoms with van der Waals surface area (Å²) in [5, 5.41) is 5.58. The van der Waals surface area contributed by atoms with Crippen molar-refractivity contribution in [2.45, 2.75) is 20.4 Å². The first-order valence-electron chi connectivity index (χ1n) is 13.9. The van der Waals surface area contributed by atoms with Crippen LogP contribution in [0.25, 0.3) is 21.8 Å². The fraction of sp³-hybridized carbons (Fsp3) is 0.0811. The van der Waals surface area contributed by atoms with Crippen molar-refractivity contribution in [3.63, 3.8) is 0 Å². The molecular weight excluding hydrogens is 534 g/mol. The van der Waals surface area contributed by atoms with Gasteiger partial charge in [0.15, 0.2) is 0 Å². The van der Waals surface area contributed by atoms with Crippen molar-refractivity contribution in [2.75, 3.05) is 5.32 Å². The van der Waals surface area contributed by atoms with Gasteiger partial charge in [0.2, 0.25) is 0 Å². The molecule has 0 aliphatic heterocycles. The maximum atomic E-state index is 6.08. The van der Waals surface area contributed by atoms with Gasteiger partial charge in [-0.3, -0.25) is 4.99 Å². The second kappa shape index (κ2) is 12.7. The number of aliphatic imine (C=N–C) groups is 1. The molecule has 6 aromatic rings. The van der Waals surface area contributed by atoms with E-state index in [1.54, 1.807) is 11.3 Å². The Bertz CT molecular complexity index is 1800. The number of nitrogens with one attached hydrogen (secondary N) is 1. The van der Waals surface area contributed by atoms with Gasteiger partial charge in [-0.1, -0.05) is 121 Å². The van der Waals surface area contributed by atoms with E-state index in [1.807, 2.05) is 72.8 Å². The molecule has 0 aliphatic rings. The molecule has 0 fully saturated rings. The Hall–Kier alpha value is -5.00. The van der Waals surface area contributed by atoms with Crippen molar-refractivity contribution in [1.29, 1.82) is 0 Å². The number of benzene rings is 5. The topological polar surface area (TPSA) is 46.5 Å². The minimum Gasteiger partial charge on any atom is -0.457 e. The van der Waals surface area contributed by atoms with Crippen LogP contribution in [0.4, 0.5) is 5.00 Å². The van der Waals surface area contributed by atoms with Gasteiger partial charge in [-0.2, -0.15) is 0 Å². The molecule has 5 heteroatoms. The summed E-state index contributed by atoms with van der Waals surface area (Å²) < 4.78 is 6.08. The summed E-state index contributed by atoms with van der Waals surface area (Å²) in [4.78, 5) is 10.1. The number of thiazole rings is 1. The number of aromatic nitrogens is 1. The minimum atomic E-state index is 0.520. The lowest BCUT2D eigenvalue weighted by molar-refractivity contribution is 0.482. The van der Waals surface area contributed by atoms with E-state index >= 15 is 0 Å². The number of hydrogen-bond donors (Lipinski definition) is 1. The van der Waals surface area contributed by atoms with Crippen LogP contribution in [0.2, 0.25) is 0 Å². The lowest BCUT2D eigenvalue weighted by Gasteiger charge is -2.11. The molecule has 5 aromatic carbocycles. The fourth-order valence-electron chi connectivity index (χ4n) is 4.55. The number of amidine groups is 1. The molecule has 0 unspecified atom stereocenters. The van der Waals surface area contributed by atoms with Crippen LogP contribution in [0.15, 0.2) is 138 Å². The van der Waals surface area contributed by atoms with E-state index in [1.165, 1.54) is 11.1 Å². The summed E-state index contributed by atoms with van der Waals surface area (Å²) in [7, 11) is 0. The highest BCUT2D eigenvalue weighted by atomic mass is 32.1. The van der Waals surface area contributed by atoms with E-state index in [9.17, 15) is 0 Å². The molecular formula is C37H31N3OS. The molecule has 1 aromatic heterocycles. The Morgan fingerprint density at radius 2 is 1.31 bits per heavy atom. The Morgan fingerprint density at radius 3 is 1.98 bits per heavy atom. The number of nitrogens with zero attached hydrogens (tertiary/aromatic N) is 2. The zero-order valence-electron chi connectivity index (χ0n) is 23.6. The summed E-state index contributed by atoms with van der Waals surface area (Å²) in [5.41, 5.74) is 7.64. The maximum absolute atomic E-state index is 6.08. The zero-order valence-corrected chi connectivity index (χ0v) is 24.4. The minimum absolute atomic E-state index is 0.520. The van der Waals surface area contributed by atoms with Gasteiger partial charge >= 0.3 is 0 Å². The SMILES string of the molecule is Cc1ccc(Oc2ccc(CN=C(Nc3sc(-c4ccccc4)nc3-c3ccccc3)c3ccccc3)cc2)cc1C. The Labute approximate surface area is 251 Å². The smallest absolute Gasteiger partial charge is 0.133 e. The standard InChI is InChI=1S/C37H31N3OS/c1-26-18-21-33(24-27(26)2)41-32-22-19-28(20-23-32)25-38-35(30-14-8-4-9-15-30)40-37-34(29-12-6-3-7-13-29)39-36(42-37)31-16-10-5-11-17-31/h3-24H,25H2,1-2H3,(H,38,40). The van der Waals surface area contributed by atoms with Crippen molar-refractivity contribution in [1.82, 2.24) is 4.98 Å². The third kappa shape index (κ3) is 6.48. The molecule has 0 atom stereocenters. The Balaban J connectivity index is 1.28. The number of rotatable bonds is 8. The maximum Gasteiger partial charge on any atom is 0.133 e. The third-order valence-electron chi connectivity index (χ3n) is 7.03. The second-order valence-electron chi connectivity index (χ2n) is 10.1. The number of aryl methyl sites for hydroxylation is 2. The summed E-state index contributed by atoms with van der Waals surface area (Å²) in [5.74, 6) is 2.44. The summed E-state index contributed by atoms with van der Waals surface area (Å²) in [6.45, 7) is 4.72. The van der Waals surface area contributed by atoms with E-state index in [0.717, 1.165) is 55.3 Å². The van der Waals surface area contributed by atoms with Gasteiger partial charge in [0.1, 0.15) is 33.0 Å². The zero-order chi connectivity index (χ0) is 28.7. The molecule has 0 aliphatic carbocycles. The van der Waals surface area contributed by atoms with Gasteiger partial charge in [-0.05, 0) is 54.8 Å². The van der Waals surface area contributed by atoms with E-state index < -0.39 is 0 Å². The Morgan fingerprint density at radius 1 is 0.690 bits per heavy atom. The van der Waals surface area contributed by atoms with Crippen LogP contribution in [0, 0.1) is 13.8 Å². The van der Waals surface area contributed by atoms with Gasteiger partial charge < -0.3 is 10.1 Å². The number of hydrogen-bond acceptors (Lipinski definition) is 4. The molecule has 206 valence electrons. The Kier molecular flexibility index (Phi) is 8.20. The molecule has 0 saturated heterocycles. The lowest BCUT2D eigenvalue weighted by atomic mass is 10.1. The highest BCUT2D eigenvalue weighted by Gasteiger charge is 2.17. The molecule has 4 nitrogen and oxygen atoms in total. The molecule has 0 spiro atoms. The van der Waals surface area contributed by atoms with E-state index in [0.29, 0.717) is 6.54 Å². The molecule has 42 heavy (non-hydrogen) atoms. The first kappa shape index (κ1) is 27.2. The molecule has 6 rings (SSSR count). The molecule has 0 radical (unpaired) electrons. The van der Waals surface area contributed by atoms with E-state index in [4.69, 9.17) is 14.7 Å². The second-order valence-corrected chi connectivity index (χ2v) is 11.1. The average molecular weight is 566 g/mol. The first-order valence-corrected chi connectivity index (χ1v) is 14.8. The summed E-state index contributed by atoms with van der Waals surface area (Å²) >= 11 is 1.64. The summed E-state index contributed by atoms with van der Waals surface area (Å²) in [6, 6.07) is 45.1. The van der Waals surface area contributed by atoms with Gasteiger partial charge in [0.05, 0.1) is 6.54 Å². The number of anilines is 1. The van der Waals surface area contributed by atoms with Crippen molar-refractivity contribution < 1.29 is 4.74 Å². The van der Waals surface area contributed by atoms with Crippen LogP contribution in [0.5, 0.6) is 11.5 Å². The van der Waals surface area contributed by atoms with Crippen molar-refractivity contribution in [3.05, 3.63) is 156 Å². The predicted molar refractivity (Wildman–Crippen MR) is 176 cm³/mol. The van der Waals surface area contributed by atoms with Crippen molar-refractivity contribution in [3.8, 4) is 33.3 Å². The highest BCUT2D eigenvalue weighted by Crippen LogP contribution is 2.38. The van der Waals surface area contributed by atoms with Crippen molar-refractivity contribution >= 4 is 22.2 Å². The largest absolute Gasteiger partial charge is 0.457 e. The van der Waals surface area contributed by atoms with Crippen LogP contribution in [-0.2, 0) is 6.54 Å². The highest BCUT2D eigenvalue weighted by molar-refractivity contribution is 7.19.